The van der Waals surface area contributed by atoms with E-state index in [0.717, 1.165) is 6.92 Å². The molecule has 0 saturated heterocycles. The third-order valence-electron chi connectivity index (χ3n) is 0.645. The van der Waals surface area contributed by atoms with Gasteiger partial charge in [-0.2, -0.15) is 0 Å². The Bertz CT molecular complexity index is 202. The van der Waals surface area contributed by atoms with Crippen molar-refractivity contribution in [2.24, 2.45) is 0 Å². The first kappa shape index (κ1) is 12.6. The van der Waals surface area contributed by atoms with E-state index in [9.17, 15) is 9.59 Å². The maximum atomic E-state index is 10.6. The molecule has 1 amide bonds. The van der Waals surface area contributed by atoms with Gasteiger partial charge >= 0.3 is 12.1 Å². The summed E-state index contributed by atoms with van der Waals surface area (Å²) in [5, 5.41) is 0. The van der Waals surface area contributed by atoms with Crippen molar-refractivity contribution in [3.63, 3.8) is 0 Å². The molecule has 0 saturated carbocycles. The van der Waals surface area contributed by atoms with Gasteiger partial charge in [0.25, 0.3) is 0 Å². The Balaban J connectivity index is 3.58. The largest absolute Gasteiger partial charge is 0.443 e. The van der Waals surface area contributed by atoms with Crippen LogP contribution in [0, 0.1) is 0 Å². The number of ether oxygens (including phenoxy) is 1. The summed E-state index contributed by atoms with van der Waals surface area (Å²) in [6.45, 7) is 0.667. The summed E-state index contributed by atoms with van der Waals surface area (Å²) in [6.07, 6.45) is -1.01. The number of hydrogen-bond donors (Lipinski definition) is 1. The van der Waals surface area contributed by atoms with Gasteiger partial charge < -0.3 is 9.57 Å². The van der Waals surface area contributed by atoms with E-state index < -0.39 is 22.5 Å². The first-order valence-corrected chi connectivity index (χ1v) is 4.11. The van der Waals surface area contributed by atoms with Crippen molar-refractivity contribution >= 4 is 46.9 Å². The Hall–Kier alpha value is -0.390. The van der Waals surface area contributed by atoms with Gasteiger partial charge in [0.05, 0.1) is 0 Å². The van der Waals surface area contributed by atoms with Gasteiger partial charge in [0, 0.05) is 6.92 Å². The number of rotatable bonds is 1. The molecular weight excluding hydrogens is 244 g/mol. The van der Waals surface area contributed by atoms with Crippen LogP contribution in [0.25, 0.3) is 0 Å². The fourth-order valence-corrected chi connectivity index (χ4v) is 0.454. The summed E-state index contributed by atoms with van der Waals surface area (Å²) < 4.78 is 2.65. The second kappa shape index (κ2) is 5.36. The molecule has 0 spiro atoms. The van der Waals surface area contributed by atoms with Crippen LogP contribution in [0.15, 0.2) is 0 Å². The molecule has 0 aromatic heterocycles. The Labute approximate surface area is 89.2 Å². The highest BCUT2D eigenvalue weighted by atomic mass is 35.6. The maximum absolute atomic E-state index is 10.6. The zero-order chi connectivity index (χ0) is 10.5. The predicted molar refractivity (Wildman–Crippen MR) is 46.5 cm³/mol. The Morgan fingerprint density at radius 1 is 1.38 bits per heavy atom. The molecule has 8 heteroatoms. The van der Waals surface area contributed by atoms with Crippen LogP contribution in [-0.2, 0) is 14.4 Å². The fourth-order valence-electron chi connectivity index (χ4n) is 0.290. The summed E-state index contributed by atoms with van der Waals surface area (Å²) in [7, 11) is 0. The molecular formula is C5H6Cl3NO4. The van der Waals surface area contributed by atoms with Crippen LogP contribution in [0.4, 0.5) is 4.79 Å². The molecule has 0 fully saturated rings. The molecule has 0 heterocycles. The number of amides is 1. The number of carbonyl (C=O) groups is 2. The van der Waals surface area contributed by atoms with Crippen molar-refractivity contribution in [3.8, 4) is 0 Å². The number of halogens is 3. The quantitative estimate of drug-likeness (QED) is 0.566. The summed E-state index contributed by atoms with van der Waals surface area (Å²) >= 11 is 15.8. The minimum Gasteiger partial charge on any atom is -0.443 e. The van der Waals surface area contributed by atoms with Crippen molar-refractivity contribution in [2.75, 3.05) is 6.61 Å². The molecule has 0 atom stereocenters. The van der Waals surface area contributed by atoms with Gasteiger partial charge in [-0.05, 0) is 0 Å². The Morgan fingerprint density at radius 3 is 2.31 bits per heavy atom. The molecule has 0 aliphatic rings. The lowest BCUT2D eigenvalue weighted by atomic mass is 10.8. The molecule has 0 aliphatic heterocycles. The van der Waals surface area contributed by atoms with Gasteiger partial charge in [0.1, 0.15) is 6.61 Å². The van der Waals surface area contributed by atoms with Crippen LogP contribution in [-0.4, -0.2) is 22.5 Å². The minimum atomic E-state index is -1.69. The van der Waals surface area contributed by atoms with E-state index in [2.05, 4.69) is 9.57 Å². The molecule has 0 unspecified atom stereocenters. The van der Waals surface area contributed by atoms with Gasteiger partial charge in [-0.15, -0.1) is 5.48 Å². The average molecular weight is 250 g/mol. The first-order chi connectivity index (χ1) is 5.81. The van der Waals surface area contributed by atoms with Gasteiger partial charge in [0.15, 0.2) is 0 Å². The van der Waals surface area contributed by atoms with E-state index in [1.807, 2.05) is 0 Å². The van der Waals surface area contributed by atoms with Crippen molar-refractivity contribution < 1.29 is 19.2 Å². The van der Waals surface area contributed by atoms with E-state index in [-0.39, 0.29) is 0 Å². The lowest BCUT2D eigenvalue weighted by Gasteiger charge is -2.10. The Morgan fingerprint density at radius 2 is 1.92 bits per heavy atom. The third-order valence-corrected chi connectivity index (χ3v) is 0.972. The number of alkyl halides is 3. The molecule has 0 aliphatic carbocycles. The lowest BCUT2D eigenvalue weighted by Crippen LogP contribution is -2.29. The van der Waals surface area contributed by atoms with Crippen LogP contribution in [0.3, 0.4) is 0 Å². The van der Waals surface area contributed by atoms with Gasteiger partial charge in [0.2, 0.25) is 3.79 Å². The summed E-state index contributed by atoms with van der Waals surface area (Å²) in [5.74, 6) is -0.689. The highest BCUT2D eigenvalue weighted by Crippen LogP contribution is 2.25. The van der Waals surface area contributed by atoms with Crippen LogP contribution in [0.5, 0.6) is 0 Å². The number of hydroxylamine groups is 1. The standard InChI is InChI=1S/C5H6Cl3NO4/c1-3(10)13-9-4(11)12-2-5(6,7)8/h2H2,1H3,(H,9,11). The summed E-state index contributed by atoms with van der Waals surface area (Å²) in [4.78, 5) is 24.9. The molecule has 5 nitrogen and oxygen atoms in total. The zero-order valence-corrected chi connectivity index (χ0v) is 8.74. The molecule has 13 heavy (non-hydrogen) atoms. The second-order valence-electron chi connectivity index (χ2n) is 1.89. The summed E-state index contributed by atoms with van der Waals surface area (Å²) in [6, 6.07) is 0. The van der Waals surface area contributed by atoms with E-state index in [1.54, 1.807) is 5.48 Å². The Kier molecular flexibility index (Phi) is 5.20. The highest BCUT2D eigenvalue weighted by Gasteiger charge is 2.22. The minimum absolute atomic E-state index is 0.440. The van der Waals surface area contributed by atoms with E-state index >= 15 is 0 Å². The molecule has 0 bridgehead atoms. The maximum Gasteiger partial charge on any atom is 0.440 e. The first-order valence-electron chi connectivity index (χ1n) is 2.98. The van der Waals surface area contributed by atoms with Crippen LogP contribution in [0.2, 0.25) is 0 Å². The van der Waals surface area contributed by atoms with Crippen molar-refractivity contribution in [1.29, 1.82) is 0 Å². The zero-order valence-electron chi connectivity index (χ0n) is 6.47. The monoisotopic (exact) mass is 249 g/mol. The highest BCUT2D eigenvalue weighted by molar-refractivity contribution is 6.67. The molecule has 1 N–H and O–H groups in total. The SMILES string of the molecule is CC(=O)ONC(=O)OCC(Cl)(Cl)Cl. The van der Waals surface area contributed by atoms with E-state index in [0.29, 0.717) is 0 Å². The number of hydrogen-bond acceptors (Lipinski definition) is 4. The van der Waals surface area contributed by atoms with Crippen LogP contribution >= 0.6 is 34.8 Å². The van der Waals surface area contributed by atoms with Crippen LogP contribution < -0.4 is 5.48 Å². The van der Waals surface area contributed by atoms with Crippen molar-refractivity contribution in [2.45, 2.75) is 10.7 Å². The van der Waals surface area contributed by atoms with Crippen LogP contribution in [0.1, 0.15) is 6.92 Å². The normalized spacial score (nSPS) is 10.5. The smallest absolute Gasteiger partial charge is 0.440 e. The van der Waals surface area contributed by atoms with E-state index in [1.165, 1.54) is 0 Å². The van der Waals surface area contributed by atoms with Gasteiger partial charge in [-0.1, -0.05) is 34.8 Å². The molecule has 0 aromatic carbocycles. The fraction of sp³-hybridized carbons (Fsp3) is 0.600. The van der Waals surface area contributed by atoms with Crippen molar-refractivity contribution in [1.82, 2.24) is 5.48 Å². The average Bonchev–Trinajstić information content (AvgIpc) is 1.95. The lowest BCUT2D eigenvalue weighted by molar-refractivity contribution is -0.146. The number of carbonyl (C=O) groups excluding carboxylic acids is 2. The van der Waals surface area contributed by atoms with E-state index in [4.69, 9.17) is 34.8 Å². The molecule has 0 aromatic rings. The molecule has 0 radical (unpaired) electrons. The molecule has 0 rings (SSSR count). The second-order valence-corrected chi connectivity index (χ2v) is 4.40. The third kappa shape index (κ3) is 9.52. The number of nitrogens with one attached hydrogen (secondary N) is 1. The topological polar surface area (TPSA) is 64.6 Å². The van der Waals surface area contributed by atoms with Crippen molar-refractivity contribution in [3.05, 3.63) is 0 Å². The van der Waals surface area contributed by atoms with Gasteiger partial charge in [-0.25, -0.2) is 4.79 Å². The summed E-state index contributed by atoms with van der Waals surface area (Å²) in [5.41, 5.74) is 1.67. The van der Waals surface area contributed by atoms with Gasteiger partial charge in [-0.3, -0.25) is 4.79 Å². The molecule has 76 valence electrons. The predicted octanol–water partition coefficient (Wildman–Crippen LogP) is 1.56.